The number of aliphatic carboxylic acids is 1. The first-order valence-electron chi connectivity index (χ1n) is 6.23. The van der Waals surface area contributed by atoms with Gasteiger partial charge in [0.05, 0.1) is 13.5 Å². The van der Waals surface area contributed by atoms with Crippen molar-refractivity contribution < 1.29 is 18.8 Å². The first kappa shape index (κ1) is 14.1. The Morgan fingerprint density at radius 2 is 2.00 bits per heavy atom. The van der Waals surface area contributed by atoms with E-state index in [1.807, 2.05) is 24.3 Å². The number of rotatable bonds is 7. The van der Waals surface area contributed by atoms with Crippen molar-refractivity contribution in [2.24, 2.45) is 5.41 Å². The fourth-order valence-electron chi connectivity index (χ4n) is 2.17. The van der Waals surface area contributed by atoms with Crippen LogP contribution in [0, 0.1) is 5.41 Å². The lowest BCUT2D eigenvalue weighted by molar-refractivity contribution is -0.138. The summed E-state index contributed by atoms with van der Waals surface area (Å²) in [4.78, 5) is 10.8. The molecule has 1 N–H and O–H groups in total. The van der Waals surface area contributed by atoms with Gasteiger partial charge in [-0.1, -0.05) is 12.1 Å². The van der Waals surface area contributed by atoms with Crippen LogP contribution >= 0.6 is 0 Å². The highest BCUT2D eigenvalue weighted by atomic mass is 32.2. The molecule has 1 atom stereocenters. The Labute approximate surface area is 115 Å². The second-order valence-corrected chi connectivity index (χ2v) is 6.60. The largest absolute Gasteiger partial charge is 0.497 e. The van der Waals surface area contributed by atoms with Crippen LogP contribution in [0.15, 0.2) is 24.3 Å². The molecule has 104 valence electrons. The molecule has 1 aliphatic carbocycles. The van der Waals surface area contributed by atoms with Crippen LogP contribution in [0.4, 0.5) is 0 Å². The quantitative estimate of drug-likeness (QED) is 0.832. The second-order valence-electron chi connectivity index (χ2n) is 5.15. The highest BCUT2D eigenvalue weighted by molar-refractivity contribution is 7.84. The molecule has 0 heterocycles. The lowest BCUT2D eigenvalue weighted by atomic mass is 10.1. The van der Waals surface area contributed by atoms with Gasteiger partial charge >= 0.3 is 5.97 Å². The highest BCUT2D eigenvalue weighted by Gasteiger charge is 2.45. The summed E-state index contributed by atoms with van der Waals surface area (Å²) in [6.45, 7) is 0. The van der Waals surface area contributed by atoms with E-state index in [0.29, 0.717) is 11.5 Å². The zero-order chi connectivity index (χ0) is 13.9. The number of hydrogen-bond donors (Lipinski definition) is 1. The molecule has 0 saturated heterocycles. The summed E-state index contributed by atoms with van der Waals surface area (Å²) in [6, 6.07) is 7.48. The minimum absolute atomic E-state index is 0.140. The van der Waals surface area contributed by atoms with E-state index in [1.54, 1.807) is 7.11 Å². The summed E-state index contributed by atoms with van der Waals surface area (Å²) >= 11 is 0. The van der Waals surface area contributed by atoms with Gasteiger partial charge in [-0.15, -0.1) is 0 Å². The van der Waals surface area contributed by atoms with Gasteiger partial charge in [-0.2, -0.15) is 0 Å². The number of benzene rings is 1. The van der Waals surface area contributed by atoms with Crippen LogP contribution in [-0.2, 0) is 21.3 Å². The number of carboxylic acids is 1. The standard InChI is InChI=1S/C14H18O4S/c1-18-12-4-2-11(3-5-12)9-19(17)10-14(6-7-14)8-13(15)16/h2-5H,6-10H2,1H3,(H,15,16). The van der Waals surface area contributed by atoms with E-state index < -0.39 is 16.8 Å². The molecular weight excluding hydrogens is 264 g/mol. The van der Waals surface area contributed by atoms with Gasteiger partial charge in [0.25, 0.3) is 0 Å². The van der Waals surface area contributed by atoms with Gasteiger partial charge in [0.15, 0.2) is 0 Å². The van der Waals surface area contributed by atoms with Crippen molar-refractivity contribution in [2.45, 2.75) is 25.0 Å². The molecule has 0 radical (unpaired) electrons. The maximum atomic E-state index is 12.1. The number of hydrogen-bond acceptors (Lipinski definition) is 3. The molecule has 0 aliphatic heterocycles. The fourth-order valence-corrected chi connectivity index (χ4v) is 3.91. The average molecular weight is 282 g/mol. The molecule has 1 fully saturated rings. The van der Waals surface area contributed by atoms with Crippen molar-refractivity contribution in [3.63, 3.8) is 0 Å². The Morgan fingerprint density at radius 1 is 1.37 bits per heavy atom. The molecule has 1 unspecified atom stereocenters. The van der Waals surface area contributed by atoms with Gasteiger partial charge in [0.2, 0.25) is 0 Å². The van der Waals surface area contributed by atoms with E-state index in [0.717, 1.165) is 24.2 Å². The maximum absolute atomic E-state index is 12.1. The van der Waals surface area contributed by atoms with E-state index in [1.165, 1.54) is 0 Å². The van der Waals surface area contributed by atoms with Crippen molar-refractivity contribution >= 4 is 16.8 Å². The smallest absolute Gasteiger partial charge is 0.303 e. The molecule has 1 aromatic rings. The van der Waals surface area contributed by atoms with Crippen molar-refractivity contribution in [2.75, 3.05) is 12.9 Å². The Morgan fingerprint density at radius 3 is 2.47 bits per heavy atom. The van der Waals surface area contributed by atoms with Crippen LogP contribution in [0.5, 0.6) is 5.75 Å². The Bertz CT molecular complexity index is 477. The number of carbonyl (C=O) groups is 1. The van der Waals surface area contributed by atoms with Gasteiger partial charge in [-0.25, -0.2) is 0 Å². The SMILES string of the molecule is COc1ccc(CS(=O)CC2(CC(=O)O)CC2)cc1. The zero-order valence-electron chi connectivity index (χ0n) is 10.9. The number of methoxy groups -OCH3 is 1. The summed E-state index contributed by atoms with van der Waals surface area (Å²) in [5.41, 5.74) is 0.786. The Hall–Kier alpha value is -1.36. The summed E-state index contributed by atoms with van der Waals surface area (Å²) in [7, 11) is 0.600. The van der Waals surface area contributed by atoms with Crippen LogP contribution in [-0.4, -0.2) is 28.1 Å². The molecule has 0 amide bonds. The van der Waals surface area contributed by atoms with Crippen molar-refractivity contribution in [1.82, 2.24) is 0 Å². The molecule has 1 aromatic carbocycles. The third-order valence-corrected chi connectivity index (χ3v) is 5.03. The predicted molar refractivity (Wildman–Crippen MR) is 73.6 cm³/mol. The molecule has 4 nitrogen and oxygen atoms in total. The molecule has 0 spiro atoms. The average Bonchev–Trinajstić information content (AvgIpc) is 3.08. The lowest BCUT2D eigenvalue weighted by Gasteiger charge is -2.12. The van der Waals surface area contributed by atoms with E-state index in [-0.39, 0.29) is 11.8 Å². The summed E-state index contributed by atoms with van der Waals surface area (Å²) in [6.07, 6.45) is 1.91. The third kappa shape index (κ3) is 4.06. The monoisotopic (exact) mass is 282 g/mol. The van der Waals surface area contributed by atoms with Crippen LogP contribution < -0.4 is 4.74 Å². The molecule has 1 aliphatic rings. The lowest BCUT2D eigenvalue weighted by Crippen LogP contribution is -2.17. The second kappa shape index (κ2) is 5.74. The molecule has 19 heavy (non-hydrogen) atoms. The normalized spacial score (nSPS) is 17.7. The first-order chi connectivity index (χ1) is 9.03. The van der Waals surface area contributed by atoms with E-state index in [9.17, 15) is 9.00 Å². The van der Waals surface area contributed by atoms with Crippen LogP contribution in [0.25, 0.3) is 0 Å². The third-order valence-electron chi connectivity index (χ3n) is 3.44. The van der Waals surface area contributed by atoms with Crippen LogP contribution in [0.1, 0.15) is 24.8 Å². The first-order valence-corrected chi connectivity index (χ1v) is 7.71. The summed E-state index contributed by atoms with van der Waals surface area (Å²) in [5.74, 6) is 0.953. The maximum Gasteiger partial charge on any atom is 0.303 e. The van der Waals surface area contributed by atoms with Crippen LogP contribution in [0.2, 0.25) is 0 Å². The number of ether oxygens (including phenoxy) is 1. The van der Waals surface area contributed by atoms with Crippen molar-refractivity contribution in [3.05, 3.63) is 29.8 Å². The van der Waals surface area contributed by atoms with Gasteiger partial charge in [-0.3, -0.25) is 9.00 Å². The molecule has 0 bridgehead atoms. The topological polar surface area (TPSA) is 63.6 Å². The molecule has 1 saturated carbocycles. The van der Waals surface area contributed by atoms with Gasteiger partial charge < -0.3 is 9.84 Å². The van der Waals surface area contributed by atoms with Crippen molar-refractivity contribution in [1.29, 1.82) is 0 Å². The number of carboxylic acid groups (broad SMARTS) is 1. The minimum atomic E-state index is -1.01. The molecular formula is C14H18O4S. The minimum Gasteiger partial charge on any atom is -0.497 e. The highest BCUT2D eigenvalue weighted by Crippen LogP contribution is 2.49. The summed E-state index contributed by atoms with van der Waals surface area (Å²) < 4.78 is 17.2. The molecule has 0 aromatic heterocycles. The fraction of sp³-hybridized carbons (Fsp3) is 0.500. The Balaban J connectivity index is 1.88. The van der Waals surface area contributed by atoms with E-state index >= 15 is 0 Å². The van der Waals surface area contributed by atoms with E-state index in [4.69, 9.17) is 9.84 Å². The summed E-state index contributed by atoms with van der Waals surface area (Å²) in [5, 5.41) is 8.84. The van der Waals surface area contributed by atoms with Crippen LogP contribution in [0.3, 0.4) is 0 Å². The van der Waals surface area contributed by atoms with Gasteiger partial charge in [-0.05, 0) is 36.0 Å². The van der Waals surface area contributed by atoms with Crippen molar-refractivity contribution in [3.8, 4) is 5.75 Å². The van der Waals surface area contributed by atoms with Gasteiger partial charge in [0, 0.05) is 22.3 Å². The Kier molecular flexibility index (Phi) is 4.24. The predicted octanol–water partition coefficient (Wildman–Crippen LogP) is 2.20. The van der Waals surface area contributed by atoms with E-state index in [2.05, 4.69) is 0 Å². The molecule has 5 heteroatoms. The van der Waals surface area contributed by atoms with Gasteiger partial charge in [0.1, 0.15) is 5.75 Å². The zero-order valence-corrected chi connectivity index (χ0v) is 11.7. The molecule has 2 rings (SSSR count).